The van der Waals surface area contributed by atoms with Crippen LogP contribution in [0.4, 0.5) is 11.4 Å². The van der Waals surface area contributed by atoms with Crippen LogP contribution in [0.3, 0.4) is 0 Å². The molecule has 0 fully saturated rings. The van der Waals surface area contributed by atoms with Crippen LogP contribution < -0.4 is 20.1 Å². The first kappa shape index (κ1) is 17.7. The SMILES string of the molecule is CCOc1ccc(NCCC(=O)Nc2ccc(OCC)cc2)cc1. The maximum atomic E-state index is 12.0. The van der Waals surface area contributed by atoms with Gasteiger partial charge in [-0.1, -0.05) is 0 Å². The third-order valence-corrected chi connectivity index (χ3v) is 3.30. The normalized spacial score (nSPS) is 10.1. The Morgan fingerprint density at radius 3 is 1.83 bits per heavy atom. The molecule has 0 saturated heterocycles. The zero-order chi connectivity index (χ0) is 17.2. The van der Waals surface area contributed by atoms with Crippen LogP contribution in [0.5, 0.6) is 11.5 Å². The standard InChI is InChI=1S/C19H24N2O3/c1-3-23-17-9-5-15(6-10-17)20-14-13-19(22)21-16-7-11-18(12-8-16)24-4-2/h5-12,20H,3-4,13-14H2,1-2H3,(H,21,22). The van der Waals surface area contributed by atoms with E-state index in [0.29, 0.717) is 26.2 Å². The number of amides is 1. The van der Waals surface area contributed by atoms with Crippen molar-refractivity contribution in [1.29, 1.82) is 0 Å². The average Bonchev–Trinajstić information content (AvgIpc) is 2.59. The fraction of sp³-hybridized carbons (Fsp3) is 0.316. The van der Waals surface area contributed by atoms with Crippen LogP contribution in [0, 0.1) is 0 Å². The molecular weight excluding hydrogens is 304 g/mol. The second-order valence-corrected chi connectivity index (χ2v) is 5.14. The molecule has 5 heteroatoms. The van der Waals surface area contributed by atoms with Crippen molar-refractivity contribution < 1.29 is 14.3 Å². The van der Waals surface area contributed by atoms with Gasteiger partial charge in [-0.2, -0.15) is 0 Å². The molecule has 1 amide bonds. The maximum absolute atomic E-state index is 12.0. The number of anilines is 2. The van der Waals surface area contributed by atoms with Gasteiger partial charge < -0.3 is 20.1 Å². The maximum Gasteiger partial charge on any atom is 0.226 e. The number of ether oxygens (including phenoxy) is 2. The van der Waals surface area contributed by atoms with E-state index in [1.807, 2.05) is 62.4 Å². The topological polar surface area (TPSA) is 59.6 Å². The zero-order valence-electron chi connectivity index (χ0n) is 14.2. The second-order valence-electron chi connectivity index (χ2n) is 5.14. The Bertz CT molecular complexity index is 624. The van der Waals surface area contributed by atoms with Gasteiger partial charge in [0.2, 0.25) is 5.91 Å². The van der Waals surface area contributed by atoms with Crippen molar-refractivity contribution in [3.8, 4) is 11.5 Å². The van der Waals surface area contributed by atoms with Gasteiger partial charge in [0.15, 0.2) is 0 Å². The lowest BCUT2D eigenvalue weighted by molar-refractivity contribution is -0.115. The summed E-state index contributed by atoms with van der Waals surface area (Å²) in [7, 11) is 0. The Morgan fingerprint density at radius 2 is 1.33 bits per heavy atom. The van der Waals surface area contributed by atoms with Gasteiger partial charge in [0.05, 0.1) is 13.2 Å². The molecule has 2 aromatic carbocycles. The molecule has 0 atom stereocenters. The number of hydrogen-bond donors (Lipinski definition) is 2. The summed E-state index contributed by atoms with van der Waals surface area (Å²) in [6, 6.07) is 15.1. The number of carbonyl (C=O) groups is 1. The van der Waals surface area contributed by atoms with Crippen molar-refractivity contribution in [3.05, 3.63) is 48.5 Å². The molecule has 0 bridgehead atoms. The highest BCUT2D eigenvalue weighted by Crippen LogP contribution is 2.17. The highest BCUT2D eigenvalue weighted by molar-refractivity contribution is 5.91. The van der Waals surface area contributed by atoms with Gasteiger partial charge in [0, 0.05) is 24.3 Å². The van der Waals surface area contributed by atoms with Crippen molar-refractivity contribution >= 4 is 17.3 Å². The molecule has 24 heavy (non-hydrogen) atoms. The van der Waals surface area contributed by atoms with Gasteiger partial charge in [-0.15, -0.1) is 0 Å². The minimum absolute atomic E-state index is 0.0300. The molecule has 5 nitrogen and oxygen atoms in total. The Labute approximate surface area is 143 Å². The number of hydrogen-bond acceptors (Lipinski definition) is 4. The largest absolute Gasteiger partial charge is 0.494 e. The van der Waals surface area contributed by atoms with Crippen molar-refractivity contribution in [3.63, 3.8) is 0 Å². The summed E-state index contributed by atoms with van der Waals surface area (Å²) in [5, 5.41) is 6.09. The fourth-order valence-corrected chi connectivity index (χ4v) is 2.18. The van der Waals surface area contributed by atoms with E-state index in [2.05, 4.69) is 10.6 Å². The van der Waals surface area contributed by atoms with Crippen molar-refractivity contribution in [1.82, 2.24) is 0 Å². The molecule has 128 valence electrons. The molecule has 0 saturated carbocycles. The summed E-state index contributed by atoms with van der Waals surface area (Å²) in [6.07, 6.45) is 0.389. The molecule has 0 radical (unpaired) electrons. The van der Waals surface area contributed by atoms with Crippen LogP contribution >= 0.6 is 0 Å². The molecule has 0 aliphatic heterocycles. The lowest BCUT2D eigenvalue weighted by Gasteiger charge is -2.09. The molecule has 2 rings (SSSR count). The summed E-state index contributed by atoms with van der Waals surface area (Å²) in [4.78, 5) is 12.0. The Balaban J connectivity index is 1.72. The third-order valence-electron chi connectivity index (χ3n) is 3.30. The predicted octanol–water partition coefficient (Wildman–Crippen LogP) is 3.92. The number of rotatable bonds is 9. The number of benzene rings is 2. The molecule has 2 aromatic rings. The quantitative estimate of drug-likeness (QED) is 0.732. The molecule has 0 aliphatic carbocycles. The lowest BCUT2D eigenvalue weighted by Crippen LogP contribution is -2.16. The van der Waals surface area contributed by atoms with Crippen LogP contribution in [0.15, 0.2) is 48.5 Å². The van der Waals surface area contributed by atoms with E-state index in [0.717, 1.165) is 22.9 Å². The van der Waals surface area contributed by atoms with E-state index in [1.54, 1.807) is 0 Å². The predicted molar refractivity (Wildman–Crippen MR) is 97.0 cm³/mol. The van der Waals surface area contributed by atoms with E-state index in [9.17, 15) is 4.79 Å². The smallest absolute Gasteiger partial charge is 0.226 e. The number of nitrogens with one attached hydrogen (secondary N) is 2. The molecular formula is C19H24N2O3. The van der Waals surface area contributed by atoms with Crippen molar-refractivity contribution in [2.24, 2.45) is 0 Å². The molecule has 2 N–H and O–H groups in total. The first-order chi connectivity index (χ1) is 11.7. The van der Waals surface area contributed by atoms with Crippen LogP contribution in [0.1, 0.15) is 20.3 Å². The van der Waals surface area contributed by atoms with E-state index >= 15 is 0 Å². The van der Waals surface area contributed by atoms with Crippen LogP contribution in [0.2, 0.25) is 0 Å². The van der Waals surface area contributed by atoms with E-state index < -0.39 is 0 Å². The molecule has 0 heterocycles. The van der Waals surface area contributed by atoms with Gasteiger partial charge in [0.25, 0.3) is 0 Å². The highest BCUT2D eigenvalue weighted by atomic mass is 16.5. The van der Waals surface area contributed by atoms with Crippen LogP contribution in [-0.2, 0) is 4.79 Å². The summed E-state index contributed by atoms with van der Waals surface area (Å²) in [5.41, 5.74) is 1.73. The summed E-state index contributed by atoms with van der Waals surface area (Å²) >= 11 is 0. The molecule has 0 aliphatic rings. The Kier molecular flexibility index (Phi) is 6.95. The van der Waals surface area contributed by atoms with E-state index in [-0.39, 0.29) is 5.91 Å². The van der Waals surface area contributed by atoms with Gasteiger partial charge in [-0.05, 0) is 62.4 Å². The molecule has 0 spiro atoms. The second kappa shape index (κ2) is 9.45. The van der Waals surface area contributed by atoms with Gasteiger partial charge in [-0.25, -0.2) is 0 Å². The van der Waals surface area contributed by atoms with Gasteiger partial charge in [-0.3, -0.25) is 4.79 Å². The molecule has 0 unspecified atom stereocenters. The monoisotopic (exact) mass is 328 g/mol. The summed E-state index contributed by atoms with van der Waals surface area (Å²) < 4.78 is 10.8. The van der Waals surface area contributed by atoms with Crippen molar-refractivity contribution in [2.75, 3.05) is 30.4 Å². The lowest BCUT2D eigenvalue weighted by atomic mass is 10.2. The Hall–Kier alpha value is -2.69. The first-order valence-corrected chi connectivity index (χ1v) is 8.20. The average molecular weight is 328 g/mol. The minimum Gasteiger partial charge on any atom is -0.494 e. The fourth-order valence-electron chi connectivity index (χ4n) is 2.18. The zero-order valence-corrected chi connectivity index (χ0v) is 14.2. The third kappa shape index (κ3) is 5.83. The minimum atomic E-state index is -0.0300. The van der Waals surface area contributed by atoms with Gasteiger partial charge >= 0.3 is 0 Å². The highest BCUT2D eigenvalue weighted by Gasteiger charge is 2.03. The van der Waals surface area contributed by atoms with Crippen LogP contribution in [0.25, 0.3) is 0 Å². The van der Waals surface area contributed by atoms with Gasteiger partial charge in [0.1, 0.15) is 11.5 Å². The van der Waals surface area contributed by atoms with E-state index in [1.165, 1.54) is 0 Å². The first-order valence-electron chi connectivity index (χ1n) is 8.20. The van der Waals surface area contributed by atoms with Crippen LogP contribution in [-0.4, -0.2) is 25.7 Å². The summed E-state index contributed by atoms with van der Waals surface area (Å²) in [6.45, 7) is 5.74. The summed E-state index contributed by atoms with van der Waals surface area (Å²) in [5.74, 6) is 1.61. The van der Waals surface area contributed by atoms with E-state index in [4.69, 9.17) is 9.47 Å². The number of carbonyl (C=O) groups excluding carboxylic acids is 1. The Morgan fingerprint density at radius 1 is 0.833 bits per heavy atom. The molecule has 0 aromatic heterocycles. The van der Waals surface area contributed by atoms with Crippen molar-refractivity contribution in [2.45, 2.75) is 20.3 Å².